The van der Waals surface area contributed by atoms with Gasteiger partial charge in [-0.2, -0.15) is 13.2 Å². The molecule has 0 bridgehead atoms. The number of carboxylic acids is 2. The number of hydrogen-bond donors (Lipinski definition) is 3. The maximum Gasteiger partial charge on any atom is 0.490 e. The molecular weight excluding hydrogens is 561 g/mol. The van der Waals surface area contributed by atoms with Gasteiger partial charge < -0.3 is 15.1 Å². The fourth-order valence-electron chi connectivity index (χ4n) is 3.36. The molecule has 3 aromatic carbocycles. The number of carboxylic acid groups (broad SMARTS) is 2. The van der Waals surface area contributed by atoms with Gasteiger partial charge >= 0.3 is 18.1 Å². The van der Waals surface area contributed by atoms with Gasteiger partial charge in [0.15, 0.2) is 0 Å². The highest BCUT2D eigenvalue weighted by atomic mass is 35.5. The number of hydrogen-bond acceptors (Lipinski definition) is 5. The van der Waals surface area contributed by atoms with Gasteiger partial charge in [-0.3, -0.25) is 4.72 Å². The van der Waals surface area contributed by atoms with Gasteiger partial charge in [0.2, 0.25) is 0 Å². The van der Waals surface area contributed by atoms with Crippen molar-refractivity contribution in [3.63, 3.8) is 0 Å². The van der Waals surface area contributed by atoms with Crippen LogP contribution in [-0.2, 0) is 21.4 Å². The molecule has 3 N–H and O–H groups in total. The highest BCUT2D eigenvalue weighted by Gasteiger charge is 2.38. The number of unbranched alkanes of at least 4 members (excludes halogenated alkanes) is 1. The third kappa shape index (κ3) is 9.48. The van der Waals surface area contributed by atoms with Crippen LogP contribution in [0.5, 0.6) is 0 Å². The minimum atomic E-state index is -5.08. The van der Waals surface area contributed by atoms with Gasteiger partial charge in [0.1, 0.15) is 4.90 Å². The number of sulfonamides is 1. The Bertz CT molecular complexity index is 1390. The number of aromatic carboxylic acids is 1. The molecule has 0 aromatic heterocycles. The lowest BCUT2D eigenvalue weighted by Gasteiger charge is -2.27. The molecule has 0 unspecified atom stereocenters. The lowest BCUT2D eigenvalue weighted by atomic mass is 10.1. The Hall–Kier alpha value is -3.77. The van der Waals surface area contributed by atoms with Crippen LogP contribution in [0.25, 0.3) is 0 Å². The number of nitrogens with zero attached hydrogens (tertiary/aromatic N) is 1. The van der Waals surface area contributed by atoms with Crippen molar-refractivity contribution in [1.29, 1.82) is 0 Å². The maximum absolute atomic E-state index is 12.8. The van der Waals surface area contributed by atoms with Crippen molar-refractivity contribution in [3.05, 3.63) is 88.9 Å². The monoisotopic (exact) mass is 586 g/mol. The van der Waals surface area contributed by atoms with Crippen molar-refractivity contribution in [2.75, 3.05) is 16.2 Å². The molecule has 0 atom stereocenters. The number of alkyl halides is 3. The third-order valence-corrected chi connectivity index (χ3v) is 7.07. The van der Waals surface area contributed by atoms with Gasteiger partial charge in [-0.25, -0.2) is 18.0 Å². The van der Waals surface area contributed by atoms with Crippen molar-refractivity contribution in [1.82, 2.24) is 0 Å². The fraction of sp³-hybridized carbons (Fsp3) is 0.231. The first-order valence-electron chi connectivity index (χ1n) is 11.5. The van der Waals surface area contributed by atoms with Gasteiger partial charge in [-0.05, 0) is 42.3 Å². The number of anilines is 2. The van der Waals surface area contributed by atoms with E-state index in [1.54, 1.807) is 24.3 Å². The van der Waals surface area contributed by atoms with Gasteiger partial charge in [0, 0.05) is 18.8 Å². The molecular formula is C26H26ClF3N2O6S. The van der Waals surface area contributed by atoms with E-state index in [4.69, 9.17) is 21.5 Å². The normalized spacial score (nSPS) is 11.2. The number of nitrogens with one attached hydrogen (secondary N) is 1. The molecule has 3 aromatic rings. The van der Waals surface area contributed by atoms with E-state index >= 15 is 0 Å². The average Bonchev–Trinajstić information content (AvgIpc) is 2.87. The quantitative estimate of drug-likeness (QED) is 0.255. The Labute approximate surface area is 228 Å². The summed E-state index contributed by atoms with van der Waals surface area (Å²) in [6.45, 7) is 3.30. The molecule has 0 saturated carbocycles. The second-order valence-corrected chi connectivity index (χ2v) is 10.2. The van der Waals surface area contributed by atoms with E-state index in [9.17, 15) is 31.5 Å². The van der Waals surface area contributed by atoms with E-state index in [1.165, 1.54) is 18.2 Å². The van der Waals surface area contributed by atoms with E-state index in [2.05, 4.69) is 11.6 Å². The van der Waals surface area contributed by atoms with Crippen molar-refractivity contribution < 1.29 is 41.4 Å². The number of benzene rings is 3. The lowest BCUT2D eigenvalue weighted by molar-refractivity contribution is -0.192. The van der Waals surface area contributed by atoms with Crippen LogP contribution in [-0.4, -0.2) is 43.3 Å². The predicted molar refractivity (Wildman–Crippen MR) is 142 cm³/mol. The van der Waals surface area contributed by atoms with Gasteiger partial charge in [0.25, 0.3) is 10.0 Å². The van der Waals surface area contributed by atoms with E-state index in [-0.39, 0.29) is 21.2 Å². The molecule has 0 fully saturated rings. The minimum Gasteiger partial charge on any atom is -0.478 e. The predicted octanol–water partition coefficient (Wildman–Crippen LogP) is 6.28. The molecule has 0 heterocycles. The van der Waals surface area contributed by atoms with Crippen LogP contribution in [0.2, 0.25) is 5.02 Å². The molecule has 0 aliphatic rings. The molecule has 0 aliphatic carbocycles. The second-order valence-electron chi connectivity index (χ2n) is 8.14. The fourth-order valence-corrected chi connectivity index (χ4v) is 4.93. The lowest BCUT2D eigenvalue weighted by Crippen LogP contribution is -2.26. The Morgan fingerprint density at radius 3 is 2.10 bits per heavy atom. The first-order chi connectivity index (χ1) is 18.3. The standard InChI is InChI=1S/C24H25ClN2O4S.C2HF3O2/c1-2-3-15-27(17-18-9-5-4-6-10-18)22-14-13-19(16-20(22)24(28)29)26-32(30,31)23-12-8-7-11-21(23)25;3-2(4,5)1(6)7/h4-14,16,26H,2-3,15,17H2,1H3,(H,28,29);(H,6,7). The summed E-state index contributed by atoms with van der Waals surface area (Å²) in [7, 11) is -3.97. The number of rotatable bonds is 10. The summed E-state index contributed by atoms with van der Waals surface area (Å²) in [4.78, 5) is 22.9. The van der Waals surface area contributed by atoms with Gasteiger partial charge in [-0.15, -0.1) is 0 Å². The molecule has 8 nitrogen and oxygen atoms in total. The zero-order chi connectivity index (χ0) is 29.2. The molecule has 0 radical (unpaired) electrons. The highest BCUT2D eigenvalue weighted by Crippen LogP contribution is 2.29. The maximum atomic E-state index is 12.8. The van der Waals surface area contributed by atoms with Crippen LogP contribution < -0.4 is 9.62 Å². The molecule has 39 heavy (non-hydrogen) atoms. The van der Waals surface area contributed by atoms with Gasteiger partial charge in [0.05, 0.1) is 16.3 Å². The largest absolute Gasteiger partial charge is 0.490 e. The SMILES string of the molecule is CCCCN(Cc1ccccc1)c1ccc(NS(=O)(=O)c2ccccc2Cl)cc1C(=O)O.O=C(O)C(F)(F)F. The van der Waals surface area contributed by atoms with Crippen LogP contribution in [0, 0.1) is 0 Å². The first-order valence-corrected chi connectivity index (χ1v) is 13.4. The summed E-state index contributed by atoms with van der Waals surface area (Å²) in [5.74, 6) is -3.89. The Kier molecular flexibility index (Phi) is 11.2. The van der Waals surface area contributed by atoms with Crippen LogP contribution in [0.1, 0.15) is 35.7 Å². The minimum absolute atomic E-state index is 0.0244. The third-order valence-electron chi connectivity index (χ3n) is 5.19. The molecule has 0 amide bonds. The Balaban J connectivity index is 0.000000673. The van der Waals surface area contributed by atoms with Crippen molar-refractivity contribution in [2.24, 2.45) is 0 Å². The topological polar surface area (TPSA) is 124 Å². The zero-order valence-electron chi connectivity index (χ0n) is 20.7. The summed E-state index contributed by atoms with van der Waals surface area (Å²) in [5.41, 5.74) is 1.77. The number of aliphatic carboxylic acids is 1. The van der Waals surface area contributed by atoms with E-state index in [1.807, 2.05) is 35.2 Å². The second kappa shape index (κ2) is 13.9. The average molecular weight is 587 g/mol. The van der Waals surface area contributed by atoms with Gasteiger partial charge in [-0.1, -0.05) is 67.4 Å². The highest BCUT2D eigenvalue weighted by molar-refractivity contribution is 7.92. The van der Waals surface area contributed by atoms with E-state index in [0.717, 1.165) is 18.4 Å². The van der Waals surface area contributed by atoms with Crippen LogP contribution in [0.4, 0.5) is 24.5 Å². The van der Waals surface area contributed by atoms with E-state index in [0.29, 0.717) is 18.8 Å². The molecule has 0 aliphatic heterocycles. The van der Waals surface area contributed by atoms with E-state index < -0.39 is 28.1 Å². The van der Waals surface area contributed by atoms with Crippen LogP contribution >= 0.6 is 11.6 Å². The molecule has 0 spiro atoms. The molecule has 210 valence electrons. The van der Waals surface area contributed by atoms with Crippen molar-refractivity contribution in [3.8, 4) is 0 Å². The summed E-state index contributed by atoms with van der Waals surface area (Å²) >= 11 is 6.03. The summed E-state index contributed by atoms with van der Waals surface area (Å²) < 4.78 is 59.7. The number of halogens is 4. The summed E-state index contributed by atoms with van der Waals surface area (Å²) in [6, 6.07) is 20.4. The molecule has 13 heteroatoms. The Morgan fingerprint density at radius 1 is 0.974 bits per heavy atom. The zero-order valence-corrected chi connectivity index (χ0v) is 22.2. The summed E-state index contributed by atoms with van der Waals surface area (Å²) in [5, 5.41) is 17.1. The summed E-state index contributed by atoms with van der Waals surface area (Å²) in [6.07, 6.45) is -3.23. The smallest absolute Gasteiger partial charge is 0.478 e. The molecule has 0 saturated heterocycles. The first kappa shape index (κ1) is 31.4. The molecule has 3 rings (SSSR count). The van der Waals surface area contributed by atoms with Crippen LogP contribution in [0.3, 0.4) is 0 Å². The van der Waals surface area contributed by atoms with Crippen molar-refractivity contribution in [2.45, 2.75) is 37.4 Å². The number of carbonyl (C=O) groups is 2. The van der Waals surface area contributed by atoms with Crippen molar-refractivity contribution >= 4 is 44.9 Å². The Morgan fingerprint density at radius 2 is 1.56 bits per heavy atom. The van der Waals surface area contributed by atoms with Crippen LogP contribution in [0.15, 0.2) is 77.7 Å².